The van der Waals surface area contributed by atoms with Gasteiger partial charge in [-0.15, -0.1) is 0 Å². The maximum atomic E-state index is 12.1. The SMILES string of the molecule is O=C(O)c1cccc(CS(=O)(=O)Nc2ccccc2Br)c1. The van der Waals surface area contributed by atoms with Crippen molar-refractivity contribution in [2.45, 2.75) is 5.75 Å². The van der Waals surface area contributed by atoms with Crippen LogP contribution in [0.2, 0.25) is 0 Å². The number of para-hydroxylation sites is 1. The molecular weight excluding hydrogens is 358 g/mol. The quantitative estimate of drug-likeness (QED) is 0.847. The Morgan fingerprint density at radius 1 is 1.14 bits per heavy atom. The molecule has 0 amide bonds. The second-order valence-corrected chi connectivity index (χ2v) is 6.92. The van der Waals surface area contributed by atoms with Crippen molar-refractivity contribution < 1.29 is 18.3 Å². The van der Waals surface area contributed by atoms with Crippen LogP contribution in [0.15, 0.2) is 53.0 Å². The minimum absolute atomic E-state index is 0.0589. The second-order valence-electron chi connectivity index (χ2n) is 4.35. The summed E-state index contributed by atoms with van der Waals surface area (Å²) in [5.41, 5.74) is 0.907. The Morgan fingerprint density at radius 3 is 2.52 bits per heavy atom. The lowest BCUT2D eigenvalue weighted by Crippen LogP contribution is -2.15. The van der Waals surface area contributed by atoms with E-state index in [4.69, 9.17) is 5.11 Å². The molecule has 2 aromatic rings. The van der Waals surface area contributed by atoms with Crippen molar-refractivity contribution in [3.05, 3.63) is 64.1 Å². The van der Waals surface area contributed by atoms with E-state index in [0.717, 1.165) is 0 Å². The van der Waals surface area contributed by atoms with Crippen LogP contribution >= 0.6 is 15.9 Å². The molecule has 7 heteroatoms. The van der Waals surface area contributed by atoms with Gasteiger partial charge in [0.05, 0.1) is 17.0 Å². The molecule has 0 radical (unpaired) electrons. The number of halogens is 1. The molecule has 2 aromatic carbocycles. The Labute approximate surface area is 130 Å². The van der Waals surface area contributed by atoms with Crippen molar-refractivity contribution in [3.63, 3.8) is 0 Å². The van der Waals surface area contributed by atoms with Gasteiger partial charge in [-0.25, -0.2) is 13.2 Å². The number of nitrogens with one attached hydrogen (secondary N) is 1. The Kier molecular flexibility index (Phi) is 4.64. The average Bonchev–Trinajstić information content (AvgIpc) is 2.41. The summed E-state index contributed by atoms with van der Waals surface area (Å²) in [6.07, 6.45) is 0. The van der Waals surface area contributed by atoms with Gasteiger partial charge in [-0.2, -0.15) is 0 Å². The summed E-state index contributed by atoms with van der Waals surface area (Å²) in [7, 11) is -3.63. The van der Waals surface area contributed by atoms with Gasteiger partial charge < -0.3 is 5.11 Å². The van der Waals surface area contributed by atoms with Gasteiger partial charge in [0, 0.05) is 4.47 Å². The van der Waals surface area contributed by atoms with Gasteiger partial charge >= 0.3 is 5.97 Å². The summed E-state index contributed by atoms with van der Waals surface area (Å²) in [4.78, 5) is 10.9. The maximum absolute atomic E-state index is 12.1. The maximum Gasteiger partial charge on any atom is 0.335 e. The average molecular weight is 370 g/mol. The van der Waals surface area contributed by atoms with Crippen molar-refractivity contribution in [2.24, 2.45) is 0 Å². The number of carbonyl (C=O) groups is 1. The number of hydrogen-bond donors (Lipinski definition) is 2. The number of carboxylic acids is 1. The zero-order valence-electron chi connectivity index (χ0n) is 10.8. The summed E-state index contributed by atoms with van der Waals surface area (Å²) in [5, 5.41) is 8.91. The molecule has 0 aliphatic carbocycles. The molecule has 0 spiro atoms. The van der Waals surface area contributed by atoms with E-state index in [-0.39, 0.29) is 11.3 Å². The lowest BCUT2D eigenvalue weighted by molar-refractivity contribution is 0.0696. The Bertz CT molecular complexity index is 774. The van der Waals surface area contributed by atoms with E-state index >= 15 is 0 Å². The first-order chi connectivity index (χ1) is 9.87. The number of hydrogen-bond acceptors (Lipinski definition) is 3. The minimum Gasteiger partial charge on any atom is -0.478 e. The van der Waals surface area contributed by atoms with Crippen molar-refractivity contribution in [1.82, 2.24) is 0 Å². The highest BCUT2D eigenvalue weighted by Crippen LogP contribution is 2.23. The predicted octanol–water partition coefficient (Wildman–Crippen LogP) is 3.09. The number of carboxylic acid groups (broad SMARTS) is 1. The molecule has 2 N–H and O–H groups in total. The summed E-state index contributed by atoms with van der Waals surface area (Å²) < 4.78 is 27.3. The molecule has 0 saturated carbocycles. The third-order valence-corrected chi connectivity index (χ3v) is 4.61. The van der Waals surface area contributed by atoms with Gasteiger partial charge in [-0.1, -0.05) is 24.3 Å². The van der Waals surface area contributed by atoms with Crippen molar-refractivity contribution >= 4 is 37.6 Å². The Balaban J connectivity index is 2.20. The molecule has 21 heavy (non-hydrogen) atoms. The first-order valence-corrected chi connectivity index (χ1v) is 8.39. The summed E-state index contributed by atoms with van der Waals surface area (Å²) in [6, 6.07) is 12.7. The highest BCUT2D eigenvalue weighted by Gasteiger charge is 2.14. The number of sulfonamides is 1. The van der Waals surface area contributed by atoms with Crippen LogP contribution in [0.4, 0.5) is 5.69 Å². The zero-order chi connectivity index (χ0) is 15.5. The fourth-order valence-corrected chi connectivity index (χ4v) is 3.48. The molecule has 0 fully saturated rings. The fourth-order valence-electron chi connectivity index (χ4n) is 1.76. The molecule has 0 atom stereocenters. The van der Waals surface area contributed by atoms with E-state index in [1.807, 2.05) is 0 Å². The van der Waals surface area contributed by atoms with Gasteiger partial charge in [0.2, 0.25) is 10.0 Å². The number of anilines is 1. The monoisotopic (exact) mass is 369 g/mol. The number of benzene rings is 2. The van der Waals surface area contributed by atoms with Gasteiger partial charge in [-0.05, 0) is 45.8 Å². The molecule has 110 valence electrons. The van der Waals surface area contributed by atoms with Crippen molar-refractivity contribution in [1.29, 1.82) is 0 Å². The van der Waals surface area contributed by atoms with Crippen molar-refractivity contribution in [2.75, 3.05) is 4.72 Å². The fraction of sp³-hybridized carbons (Fsp3) is 0.0714. The first-order valence-electron chi connectivity index (χ1n) is 5.95. The van der Waals surface area contributed by atoms with Gasteiger partial charge in [0.15, 0.2) is 0 Å². The summed E-state index contributed by atoms with van der Waals surface area (Å²) >= 11 is 3.26. The molecule has 5 nitrogen and oxygen atoms in total. The van der Waals surface area contributed by atoms with Crippen LogP contribution in [0.5, 0.6) is 0 Å². The van der Waals surface area contributed by atoms with Gasteiger partial charge in [0.25, 0.3) is 0 Å². The first kappa shape index (κ1) is 15.5. The highest BCUT2D eigenvalue weighted by molar-refractivity contribution is 9.10. The third kappa shape index (κ3) is 4.30. The molecule has 0 aliphatic rings. The Hall–Kier alpha value is -1.86. The molecule has 0 bridgehead atoms. The topological polar surface area (TPSA) is 83.5 Å². The molecule has 0 saturated heterocycles. The number of aromatic carboxylic acids is 1. The smallest absolute Gasteiger partial charge is 0.335 e. The Morgan fingerprint density at radius 2 is 1.86 bits per heavy atom. The predicted molar refractivity (Wildman–Crippen MR) is 83.8 cm³/mol. The molecular formula is C14H12BrNO4S. The third-order valence-electron chi connectivity index (χ3n) is 2.67. The van der Waals surface area contributed by atoms with Crippen LogP contribution in [-0.2, 0) is 15.8 Å². The second kappa shape index (κ2) is 6.28. The van der Waals surface area contributed by atoms with E-state index in [0.29, 0.717) is 15.7 Å². The van der Waals surface area contributed by atoms with Gasteiger partial charge in [0.1, 0.15) is 0 Å². The minimum atomic E-state index is -3.63. The molecule has 0 aliphatic heterocycles. The van der Waals surface area contributed by atoms with E-state index in [2.05, 4.69) is 20.7 Å². The molecule has 0 aromatic heterocycles. The molecule has 0 heterocycles. The summed E-state index contributed by atoms with van der Waals surface area (Å²) in [6.45, 7) is 0. The van der Waals surface area contributed by atoms with Crippen LogP contribution < -0.4 is 4.72 Å². The number of rotatable bonds is 5. The van der Waals surface area contributed by atoms with E-state index in [9.17, 15) is 13.2 Å². The van der Waals surface area contributed by atoms with Crippen LogP contribution in [-0.4, -0.2) is 19.5 Å². The van der Waals surface area contributed by atoms with Crippen molar-refractivity contribution in [3.8, 4) is 0 Å². The normalized spacial score (nSPS) is 11.1. The molecule has 0 unspecified atom stereocenters. The van der Waals surface area contributed by atoms with E-state index in [1.165, 1.54) is 18.2 Å². The van der Waals surface area contributed by atoms with Crippen LogP contribution in [0.1, 0.15) is 15.9 Å². The van der Waals surface area contributed by atoms with E-state index < -0.39 is 16.0 Å². The zero-order valence-corrected chi connectivity index (χ0v) is 13.2. The summed E-state index contributed by atoms with van der Waals surface area (Å²) in [5.74, 6) is -1.39. The van der Waals surface area contributed by atoms with Crippen LogP contribution in [0.25, 0.3) is 0 Å². The molecule has 2 rings (SSSR count). The largest absolute Gasteiger partial charge is 0.478 e. The highest BCUT2D eigenvalue weighted by atomic mass is 79.9. The van der Waals surface area contributed by atoms with Crippen LogP contribution in [0, 0.1) is 0 Å². The lowest BCUT2D eigenvalue weighted by Gasteiger charge is -2.10. The van der Waals surface area contributed by atoms with E-state index in [1.54, 1.807) is 30.3 Å². The lowest BCUT2D eigenvalue weighted by atomic mass is 10.1. The van der Waals surface area contributed by atoms with Gasteiger partial charge in [-0.3, -0.25) is 4.72 Å². The van der Waals surface area contributed by atoms with Crippen LogP contribution in [0.3, 0.4) is 0 Å². The standard InChI is InChI=1S/C14H12BrNO4S/c15-12-6-1-2-7-13(12)16-21(19,20)9-10-4-3-5-11(8-10)14(17)18/h1-8,16H,9H2,(H,17,18).